The number of carbonyl (C=O) groups is 2. The minimum Gasteiger partial charge on any atom is -0.352 e. The van der Waals surface area contributed by atoms with Gasteiger partial charge in [0.2, 0.25) is 15.9 Å². The first kappa shape index (κ1) is 20.1. The maximum Gasteiger partial charge on any atom is 0.251 e. The Morgan fingerprint density at radius 2 is 1.92 bits per heavy atom. The van der Waals surface area contributed by atoms with Gasteiger partial charge in [-0.25, -0.2) is 13.1 Å². The molecule has 0 saturated carbocycles. The number of thiophene rings is 1. The normalized spacial score (nSPS) is 11.3. The molecule has 0 aliphatic carbocycles. The number of rotatable bonds is 8. The molecule has 0 aliphatic heterocycles. The Labute approximate surface area is 156 Å². The number of hydrogen-bond acceptors (Lipinski definition) is 5. The second-order valence-corrected chi connectivity index (χ2v) is 8.64. The zero-order chi connectivity index (χ0) is 19.2. The molecule has 1 aromatic heterocycles. The van der Waals surface area contributed by atoms with Gasteiger partial charge in [-0.3, -0.25) is 9.59 Å². The average Bonchev–Trinajstić information content (AvgIpc) is 3.11. The van der Waals surface area contributed by atoms with Crippen LogP contribution in [0.1, 0.15) is 29.1 Å². The Kier molecular flexibility index (Phi) is 6.90. The molecule has 0 fully saturated rings. The molecule has 7 nitrogen and oxygen atoms in total. The van der Waals surface area contributed by atoms with Crippen molar-refractivity contribution in [2.45, 2.75) is 31.3 Å². The molecule has 1 heterocycles. The second-order valence-electron chi connectivity index (χ2n) is 5.84. The molecular weight excluding hydrogens is 374 g/mol. The lowest BCUT2D eigenvalue weighted by atomic mass is 10.2. The van der Waals surface area contributed by atoms with Crippen molar-refractivity contribution >= 4 is 33.2 Å². The monoisotopic (exact) mass is 395 g/mol. The SMILES string of the molecule is CC(C)NC(=O)CNC(=O)c1cccc(S(=O)(=O)NCc2cccs2)c1. The summed E-state index contributed by atoms with van der Waals surface area (Å²) in [6.07, 6.45) is 0. The van der Waals surface area contributed by atoms with Gasteiger partial charge in [0.15, 0.2) is 0 Å². The summed E-state index contributed by atoms with van der Waals surface area (Å²) in [4.78, 5) is 24.6. The fraction of sp³-hybridized carbons (Fsp3) is 0.294. The van der Waals surface area contributed by atoms with Gasteiger partial charge in [-0.1, -0.05) is 12.1 Å². The number of benzene rings is 1. The van der Waals surface area contributed by atoms with Crippen LogP contribution in [0.4, 0.5) is 0 Å². The molecule has 0 aliphatic rings. The van der Waals surface area contributed by atoms with Crippen LogP contribution < -0.4 is 15.4 Å². The molecule has 140 valence electrons. The van der Waals surface area contributed by atoms with Crippen LogP contribution in [0.15, 0.2) is 46.7 Å². The molecule has 0 unspecified atom stereocenters. The molecule has 3 N–H and O–H groups in total. The van der Waals surface area contributed by atoms with E-state index in [-0.39, 0.29) is 35.5 Å². The third kappa shape index (κ3) is 5.94. The van der Waals surface area contributed by atoms with E-state index in [0.717, 1.165) is 4.88 Å². The quantitative estimate of drug-likeness (QED) is 0.630. The van der Waals surface area contributed by atoms with E-state index in [1.807, 2.05) is 31.4 Å². The molecule has 2 rings (SSSR count). The van der Waals surface area contributed by atoms with Crippen molar-refractivity contribution in [1.82, 2.24) is 15.4 Å². The van der Waals surface area contributed by atoms with E-state index < -0.39 is 15.9 Å². The van der Waals surface area contributed by atoms with Crippen molar-refractivity contribution in [3.05, 3.63) is 52.2 Å². The lowest BCUT2D eigenvalue weighted by Gasteiger charge is -2.10. The Morgan fingerprint density at radius 3 is 2.58 bits per heavy atom. The van der Waals surface area contributed by atoms with Crippen molar-refractivity contribution in [3.8, 4) is 0 Å². The smallest absolute Gasteiger partial charge is 0.251 e. The van der Waals surface area contributed by atoms with Crippen LogP contribution in [-0.2, 0) is 21.4 Å². The molecule has 0 bridgehead atoms. The lowest BCUT2D eigenvalue weighted by Crippen LogP contribution is -2.39. The second kappa shape index (κ2) is 8.93. The van der Waals surface area contributed by atoms with E-state index in [4.69, 9.17) is 0 Å². The fourth-order valence-corrected chi connectivity index (χ4v) is 3.89. The van der Waals surface area contributed by atoms with Crippen LogP contribution in [0.2, 0.25) is 0 Å². The van der Waals surface area contributed by atoms with E-state index in [2.05, 4.69) is 15.4 Å². The maximum absolute atomic E-state index is 12.4. The summed E-state index contributed by atoms with van der Waals surface area (Å²) in [5.41, 5.74) is 0.168. The van der Waals surface area contributed by atoms with Gasteiger partial charge >= 0.3 is 0 Å². The van der Waals surface area contributed by atoms with Crippen molar-refractivity contribution in [3.63, 3.8) is 0 Å². The number of sulfonamides is 1. The zero-order valence-corrected chi connectivity index (χ0v) is 16.1. The molecule has 0 spiro atoms. The van der Waals surface area contributed by atoms with Crippen LogP contribution in [0, 0.1) is 0 Å². The van der Waals surface area contributed by atoms with Crippen molar-refractivity contribution in [2.75, 3.05) is 6.54 Å². The summed E-state index contributed by atoms with van der Waals surface area (Å²) in [6, 6.07) is 9.33. The fourth-order valence-electron chi connectivity index (χ4n) is 2.10. The predicted octanol–water partition coefficient (Wildman–Crippen LogP) is 1.48. The molecule has 26 heavy (non-hydrogen) atoms. The molecule has 0 saturated heterocycles. The highest BCUT2D eigenvalue weighted by Gasteiger charge is 2.16. The summed E-state index contributed by atoms with van der Waals surface area (Å²) in [6.45, 7) is 3.64. The van der Waals surface area contributed by atoms with Crippen LogP contribution in [-0.4, -0.2) is 32.8 Å². The summed E-state index contributed by atoms with van der Waals surface area (Å²) >= 11 is 1.45. The van der Waals surface area contributed by atoms with E-state index >= 15 is 0 Å². The third-order valence-corrected chi connectivity index (χ3v) is 5.56. The highest BCUT2D eigenvalue weighted by atomic mass is 32.2. The van der Waals surface area contributed by atoms with Gasteiger partial charge in [0, 0.05) is 23.0 Å². The Bertz CT molecular complexity index is 862. The molecule has 2 aromatic rings. The lowest BCUT2D eigenvalue weighted by molar-refractivity contribution is -0.120. The zero-order valence-electron chi connectivity index (χ0n) is 14.5. The van der Waals surface area contributed by atoms with Gasteiger partial charge in [0.25, 0.3) is 5.91 Å². The molecule has 9 heteroatoms. The summed E-state index contributed by atoms with van der Waals surface area (Å²) < 4.78 is 27.3. The number of amides is 2. The van der Waals surface area contributed by atoms with Gasteiger partial charge in [-0.2, -0.15) is 0 Å². The molecule has 1 aromatic carbocycles. The molecule has 0 radical (unpaired) electrons. The number of carbonyl (C=O) groups excluding carboxylic acids is 2. The standard InChI is InChI=1S/C17H21N3O4S2/c1-12(2)20-16(21)11-18-17(22)13-5-3-7-15(9-13)26(23,24)19-10-14-6-4-8-25-14/h3-9,12,19H,10-11H2,1-2H3,(H,18,22)(H,20,21). The van der Waals surface area contributed by atoms with Crippen LogP contribution >= 0.6 is 11.3 Å². The first-order chi connectivity index (χ1) is 12.3. The molecule has 2 amide bonds. The highest BCUT2D eigenvalue weighted by molar-refractivity contribution is 7.89. The largest absolute Gasteiger partial charge is 0.352 e. The first-order valence-electron chi connectivity index (χ1n) is 7.97. The van der Waals surface area contributed by atoms with Gasteiger partial charge in [-0.15, -0.1) is 11.3 Å². The number of nitrogens with one attached hydrogen (secondary N) is 3. The van der Waals surface area contributed by atoms with Gasteiger partial charge in [0.1, 0.15) is 0 Å². The third-order valence-electron chi connectivity index (χ3n) is 3.28. The van der Waals surface area contributed by atoms with Crippen molar-refractivity contribution < 1.29 is 18.0 Å². The number of hydrogen-bond donors (Lipinski definition) is 3. The Balaban J connectivity index is 2.01. The Hall–Kier alpha value is -2.23. The highest BCUT2D eigenvalue weighted by Crippen LogP contribution is 2.14. The van der Waals surface area contributed by atoms with E-state index in [1.54, 1.807) is 0 Å². The summed E-state index contributed by atoms with van der Waals surface area (Å²) in [7, 11) is -3.74. The topological polar surface area (TPSA) is 104 Å². The molecular formula is C17H21N3O4S2. The maximum atomic E-state index is 12.4. The summed E-state index contributed by atoms with van der Waals surface area (Å²) in [5, 5.41) is 6.99. The predicted molar refractivity (Wildman–Crippen MR) is 100 cm³/mol. The van der Waals surface area contributed by atoms with Gasteiger partial charge < -0.3 is 10.6 Å². The van der Waals surface area contributed by atoms with Crippen LogP contribution in [0.5, 0.6) is 0 Å². The minimum absolute atomic E-state index is 0.00617. The minimum atomic E-state index is -3.74. The Morgan fingerprint density at radius 1 is 1.15 bits per heavy atom. The van der Waals surface area contributed by atoms with Crippen LogP contribution in [0.3, 0.4) is 0 Å². The van der Waals surface area contributed by atoms with E-state index in [0.29, 0.717) is 0 Å². The summed E-state index contributed by atoms with van der Waals surface area (Å²) in [5.74, 6) is -0.825. The van der Waals surface area contributed by atoms with E-state index in [1.165, 1.54) is 35.6 Å². The van der Waals surface area contributed by atoms with Crippen molar-refractivity contribution in [1.29, 1.82) is 0 Å². The van der Waals surface area contributed by atoms with E-state index in [9.17, 15) is 18.0 Å². The first-order valence-corrected chi connectivity index (χ1v) is 10.3. The van der Waals surface area contributed by atoms with Crippen molar-refractivity contribution in [2.24, 2.45) is 0 Å². The van der Waals surface area contributed by atoms with Crippen LogP contribution in [0.25, 0.3) is 0 Å². The average molecular weight is 396 g/mol. The van der Waals surface area contributed by atoms with Gasteiger partial charge in [0.05, 0.1) is 11.4 Å². The van der Waals surface area contributed by atoms with Gasteiger partial charge in [-0.05, 0) is 43.5 Å². The molecule has 0 atom stereocenters.